The van der Waals surface area contributed by atoms with Crippen LogP contribution in [-0.2, 0) is 14.3 Å². The number of nitrogens with one attached hydrogen (secondary N) is 1. The summed E-state index contributed by atoms with van der Waals surface area (Å²) in [6.07, 6.45) is -1.21. The molecule has 23 heavy (non-hydrogen) atoms. The first-order valence-electron chi connectivity index (χ1n) is 6.96. The number of amides is 1. The molecule has 1 N–H and O–H groups in total. The average Bonchev–Trinajstić information content (AvgIpc) is 2.65. The molecular weight excluding hydrogens is 360 g/mol. The smallest absolute Gasteiger partial charge is 0.305 e. The van der Waals surface area contributed by atoms with Gasteiger partial charge in [0.05, 0.1) is 11.4 Å². The van der Waals surface area contributed by atoms with E-state index in [-0.39, 0.29) is 0 Å². The van der Waals surface area contributed by atoms with Crippen molar-refractivity contribution >= 4 is 39.2 Å². The Morgan fingerprint density at radius 1 is 1.22 bits per heavy atom. The van der Waals surface area contributed by atoms with Gasteiger partial charge in [-0.2, -0.15) is 0 Å². The number of benzodiazepines with no additional fused rings is 1. The Labute approximate surface area is 141 Å². The van der Waals surface area contributed by atoms with E-state index in [1.807, 2.05) is 42.5 Å². The molecule has 5 nitrogen and oxygen atoms in total. The highest BCUT2D eigenvalue weighted by Crippen LogP contribution is 2.27. The van der Waals surface area contributed by atoms with Crippen LogP contribution in [0.5, 0.6) is 0 Å². The van der Waals surface area contributed by atoms with Gasteiger partial charge in [-0.3, -0.25) is 9.59 Å². The number of nitrogens with zero attached hydrogens (tertiary/aromatic N) is 1. The number of carbonyl (C=O) groups is 2. The number of fused-ring (bicyclic) bond motifs is 1. The zero-order valence-electron chi connectivity index (χ0n) is 12.2. The van der Waals surface area contributed by atoms with E-state index in [1.54, 1.807) is 6.07 Å². The van der Waals surface area contributed by atoms with Gasteiger partial charge in [0.15, 0.2) is 0 Å². The molecule has 1 aliphatic rings. The predicted octanol–water partition coefficient (Wildman–Crippen LogP) is 3.13. The van der Waals surface area contributed by atoms with E-state index in [2.05, 4.69) is 26.2 Å². The van der Waals surface area contributed by atoms with Gasteiger partial charge in [-0.05, 0) is 18.2 Å². The van der Waals surface area contributed by atoms with Crippen molar-refractivity contribution in [3.63, 3.8) is 0 Å². The van der Waals surface area contributed by atoms with Crippen LogP contribution >= 0.6 is 15.9 Å². The predicted molar refractivity (Wildman–Crippen MR) is 90.4 cm³/mol. The number of anilines is 1. The van der Waals surface area contributed by atoms with Gasteiger partial charge >= 0.3 is 5.97 Å². The molecule has 1 amide bonds. The van der Waals surface area contributed by atoms with Gasteiger partial charge < -0.3 is 10.1 Å². The molecule has 2 aromatic carbocycles. The van der Waals surface area contributed by atoms with Crippen molar-refractivity contribution in [1.82, 2.24) is 0 Å². The summed E-state index contributed by atoms with van der Waals surface area (Å²) >= 11 is 3.43. The Kier molecular flexibility index (Phi) is 4.25. The minimum absolute atomic E-state index is 0.477. The number of ether oxygens (including phenoxy) is 1. The molecule has 0 saturated carbocycles. The second-order valence-electron chi connectivity index (χ2n) is 4.98. The van der Waals surface area contributed by atoms with Crippen molar-refractivity contribution in [3.05, 3.63) is 64.1 Å². The van der Waals surface area contributed by atoms with E-state index in [0.29, 0.717) is 11.4 Å². The first kappa shape index (κ1) is 15.4. The van der Waals surface area contributed by atoms with E-state index in [1.165, 1.54) is 6.92 Å². The highest BCUT2D eigenvalue weighted by molar-refractivity contribution is 9.10. The van der Waals surface area contributed by atoms with Crippen molar-refractivity contribution in [2.24, 2.45) is 4.99 Å². The third-order valence-corrected chi connectivity index (χ3v) is 3.78. The van der Waals surface area contributed by atoms with E-state index in [4.69, 9.17) is 4.74 Å². The molecule has 3 rings (SSSR count). The highest BCUT2D eigenvalue weighted by Gasteiger charge is 2.27. The van der Waals surface area contributed by atoms with Crippen LogP contribution in [0.3, 0.4) is 0 Å². The summed E-state index contributed by atoms with van der Waals surface area (Å²) in [4.78, 5) is 27.9. The molecular formula is C17H13BrN2O3. The maximum absolute atomic E-state index is 12.3. The summed E-state index contributed by atoms with van der Waals surface area (Å²) in [7, 11) is 0. The number of carbonyl (C=O) groups excluding carboxylic acids is 2. The molecule has 6 heteroatoms. The topological polar surface area (TPSA) is 67.8 Å². The van der Waals surface area contributed by atoms with Gasteiger partial charge in [0.25, 0.3) is 12.1 Å². The summed E-state index contributed by atoms with van der Waals surface area (Å²) in [6, 6.07) is 14.9. The van der Waals surface area contributed by atoms with Gasteiger partial charge in [-0.1, -0.05) is 46.3 Å². The van der Waals surface area contributed by atoms with E-state index < -0.39 is 18.1 Å². The number of halogens is 1. The Hall–Kier alpha value is -2.47. The second-order valence-corrected chi connectivity index (χ2v) is 5.90. The van der Waals surface area contributed by atoms with Crippen molar-refractivity contribution in [1.29, 1.82) is 0 Å². The average molecular weight is 373 g/mol. The van der Waals surface area contributed by atoms with Gasteiger partial charge in [0.1, 0.15) is 0 Å². The lowest BCUT2D eigenvalue weighted by Crippen LogP contribution is -2.29. The molecule has 2 aromatic rings. The SMILES string of the molecule is CC(=O)O[C@@H]1N=C(c2ccccc2)c2cc(Br)ccc2NC1=O. The fourth-order valence-electron chi connectivity index (χ4n) is 2.32. The van der Waals surface area contributed by atoms with Crippen molar-refractivity contribution < 1.29 is 14.3 Å². The third-order valence-electron chi connectivity index (χ3n) is 3.29. The normalized spacial score (nSPS) is 16.7. The molecule has 1 atom stereocenters. The molecule has 0 radical (unpaired) electrons. The fraction of sp³-hybridized carbons (Fsp3) is 0.118. The second kappa shape index (κ2) is 6.34. The van der Waals surface area contributed by atoms with Gasteiger partial charge in [0.2, 0.25) is 0 Å². The van der Waals surface area contributed by atoms with Crippen LogP contribution in [-0.4, -0.2) is 23.8 Å². The standard InChI is InChI=1S/C17H13BrN2O3/c1-10(21)23-17-16(22)19-14-8-7-12(18)9-13(14)15(20-17)11-5-3-2-4-6-11/h2-9,17H,1H3,(H,19,22)/t17-/m0/s1. The van der Waals surface area contributed by atoms with Crippen molar-refractivity contribution in [3.8, 4) is 0 Å². The number of hydrogen-bond acceptors (Lipinski definition) is 4. The maximum atomic E-state index is 12.3. The van der Waals surface area contributed by atoms with Crippen LogP contribution in [0.15, 0.2) is 58.0 Å². The minimum Gasteiger partial charge on any atom is -0.430 e. The molecule has 0 aliphatic carbocycles. The summed E-state index contributed by atoms with van der Waals surface area (Å²) in [5.41, 5.74) is 2.80. The molecule has 116 valence electrons. The van der Waals surface area contributed by atoms with Crippen LogP contribution in [0.25, 0.3) is 0 Å². The van der Waals surface area contributed by atoms with Gasteiger partial charge in [0, 0.05) is 22.5 Å². The quantitative estimate of drug-likeness (QED) is 0.823. The number of aliphatic imine (C=N–C) groups is 1. The Balaban J connectivity index is 2.18. The monoisotopic (exact) mass is 372 g/mol. The zero-order valence-corrected chi connectivity index (χ0v) is 13.8. The largest absolute Gasteiger partial charge is 0.430 e. The Morgan fingerprint density at radius 2 is 1.96 bits per heavy atom. The van der Waals surface area contributed by atoms with Crippen LogP contribution in [0.2, 0.25) is 0 Å². The lowest BCUT2D eigenvalue weighted by atomic mass is 10.0. The molecule has 0 unspecified atom stereocenters. The van der Waals surface area contributed by atoms with E-state index in [0.717, 1.165) is 15.6 Å². The number of rotatable bonds is 2. The lowest BCUT2D eigenvalue weighted by molar-refractivity contribution is -0.151. The summed E-state index contributed by atoms with van der Waals surface area (Å²) in [5.74, 6) is -1.04. The van der Waals surface area contributed by atoms with Crippen LogP contribution in [0.4, 0.5) is 5.69 Å². The highest BCUT2D eigenvalue weighted by atomic mass is 79.9. The maximum Gasteiger partial charge on any atom is 0.305 e. The summed E-state index contributed by atoms with van der Waals surface area (Å²) in [5, 5.41) is 2.75. The number of esters is 1. The van der Waals surface area contributed by atoms with Crippen molar-refractivity contribution in [2.75, 3.05) is 5.32 Å². The third kappa shape index (κ3) is 3.32. The molecule has 0 bridgehead atoms. The Bertz CT molecular complexity index is 803. The fourth-order valence-corrected chi connectivity index (χ4v) is 2.69. The van der Waals surface area contributed by atoms with Crippen molar-refractivity contribution in [2.45, 2.75) is 13.2 Å². The van der Waals surface area contributed by atoms with Crippen LogP contribution in [0, 0.1) is 0 Å². The van der Waals surface area contributed by atoms with Crippen LogP contribution in [0.1, 0.15) is 18.1 Å². The van der Waals surface area contributed by atoms with Crippen LogP contribution < -0.4 is 5.32 Å². The lowest BCUT2D eigenvalue weighted by Gasteiger charge is -2.10. The summed E-state index contributed by atoms with van der Waals surface area (Å²) in [6.45, 7) is 1.25. The van der Waals surface area contributed by atoms with E-state index in [9.17, 15) is 9.59 Å². The zero-order chi connectivity index (χ0) is 16.4. The van der Waals surface area contributed by atoms with E-state index >= 15 is 0 Å². The molecule has 1 aliphatic heterocycles. The molecule has 0 spiro atoms. The van der Waals surface area contributed by atoms with Gasteiger partial charge in [-0.25, -0.2) is 4.99 Å². The first-order valence-corrected chi connectivity index (χ1v) is 7.75. The number of benzene rings is 2. The molecule has 0 aromatic heterocycles. The summed E-state index contributed by atoms with van der Waals surface area (Å²) < 4.78 is 5.91. The molecule has 0 fully saturated rings. The van der Waals surface area contributed by atoms with Gasteiger partial charge in [-0.15, -0.1) is 0 Å². The minimum atomic E-state index is -1.21. The first-order chi connectivity index (χ1) is 11.0. The number of hydrogen-bond donors (Lipinski definition) is 1. The molecule has 1 heterocycles. The molecule has 0 saturated heterocycles. The Morgan fingerprint density at radius 3 is 2.65 bits per heavy atom.